The summed E-state index contributed by atoms with van der Waals surface area (Å²) in [6.07, 6.45) is 1.50. The molecule has 2 aromatic carbocycles. The van der Waals surface area contributed by atoms with Gasteiger partial charge in [0, 0.05) is 11.1 Å². The van der Waals surface area contributed by atoms with Crippen LogP contribution in [0.25, 0.3) is 17.1 Å². The maximum Gasteiger partial charge on any atom is 0.294 e. The summed E-state index contributed by atoms with van der Waals surface area (Å²) in [5.74, 6) is 0.238. The number of nitrogens with two attached hydrogens (primary N) is 1. The Labute approximate surface area is 182 Å². The first-order valence-corrected chi connectivity index (χ1v) is 9.75. The first-order valence-electron chi connectivity index (χ1n) is 9.75. The molecule has 3 N–H and O–H groups in total. The molecular formula is C21H20N8O3. The normalized spacial score (nSPS) is 11.1. The molecule has 4 aromatic rings. The van der Waals surface area contributed by atoms with Crippen LogP contribution >= 0.6 is 0 Å². The van der Waals surface area contributed by atoms with Crippen LogP contribution in [0.5, 0.6) is 5.75 Å². The first kappa shape index (κ1) is 20.7. The summed E-state index contributed by atoms with van der Waals surface area (Å²) in [5, 5.41) is 19.4. The van der Waals surface area contributed by atoms with Gasteiger partial charge >= 0.3 is 0 Å². The topological polar surface area (TPSA) is 146 Å². The predicted molar refractivity (Wildman–Crippen MR) is 116 cm³/mol. The van der Waals surface area contributed by atoms with Crippen LogP contribution in [0.4, 0.5) is 5.82 Å². The van der Waals surface area contributed by atoms with Gasteiger partial charge in [-0.15, -0.1) is 5.10 Å². The zero-order chi connectivity index (χ0) is 22.5. The van der Waals surface area contributed by atoms with E-state index in [0.29, 0.717) is 23.6 Å². The molecule has 0 unspecified atom stereocenters. The van der Waals surface area contributed by atoms with Crippen LogP contribution < -0.4 is 15.9 Å². The lowest BCUT2D eigenvalue weighted by atomic mass is 10.1. The van der Waals surface area contributed by atoms with Gasteiger partial charge in [-0.05, 0) is 36.3 Å². The molecule has 11 nitrogen and oxygen atoms in total. The van der Waals surface area contributed by atoms with Gasteiger partial charge in [0.25, 0.3) is 5.91 Å². The van der Waals surface area contributed by atoms with E-state index in [2.05, 4.69) is 35.8 Å². The second kappa shape index (κ2) is 9.08. The number of aryl methyl sites for hydroxylation is 1. The molecule has 0 spiro atoms. The monoisotopic (exact) mass is 432 g/mol. The zero-order valence-corrected chi connectivity index (χ0v) is 17.4. The van der Waals surface area contributed by atoms with Gasteiger partial charge in [-0.1, -0.05) is 47.2 Å². The molecular weight excluding hydrogens is 412 g/mol. The molecule has 0 saturated heterocycles. The number of nitrogens with zero attached hydrogens (tertiary/aromatic N) is 6. The minimum Gasteiger partial charge on any atom is -0.493 e. The maximum absolute atomic E-state index is 12.9. The third-order valence-corrected chi connectivity index (χ3v) is 4.50. The number of aromatic nitrogens is 5. The maximum atomic E-state index is 12.9. The van der Waals surface area contributed by atoms with Gasteiger partial charge in [0.2, 0.25) is 11.6 Å². The van der Waals surface area contributed by atoms with Crippen LogP contribution in [0, 0.1) is 6.92 Å². The van der Waals surface area contributed by atoms with Crippen molar-refractivity contribution in [2.75, 3.05) is 12.3 Å². The van der Waals surface area contributed by atoms with Crippen molar-refractivity contribution in [1.29, 1.82) is 0 Å². The van der Waals surface area contributed by atoms with Crippen molar-refractivity contribution < 1.29 is 14.2 Å². The third-order valence-electron chi connectivity index (χ3n) is 4.50. The lowest BCUT2D eigenvalue weighted by Crippen LogP contribution is -2.19. The van der Waals surface area contributed by atoms with Gasteiger partial charge in [-0.3, -0.25) is 4.79 Å². The zero-order valence-electron chi connectivity index (χ0n) is 17.4. The molecule has 0 atom stereocenters. The van der Waals surface area contributed by atoms with Gasteiger partial charge < -0.3 is 10.5 Å². The van der Waals surface area contributed by atoms with Crippen LogP contribution in [-0.4, -0.2) is 44.0 Å². The van der Waals surface area contributed by atoms with Crippen molar-refractivity contribution in [3.63, 3.8) is 0 Å². The number of ether oxygens (including phenoxy) is 1. The lowest BCUT2D eigenvalue weighted by molar-refractivity contribution is 0.0950. The summed E-state index contributed by atoms with van der Waals surface area (Å²) in [7, 11) is 0. The molecule has 0 aliphatic carbocycles. The van der Waals surface area contributed by atoms with Crippen molar-refractivity contribution in [3.8, 4) is 22.8 Å². The summed E-state index contributed by atoms with van der Waals surface area (Å²) < 4.78 is 11.5. The highest BCUT2D eigenvalue weighted by molar-refractivity contribution is 5.99. The van der Waals surface area contributed by atoms with E-state index in [1.807, 2.05) is 62.4 Å². The fourth-order valence-electron chi connectivity index (χ4n) is 2.98. The highest BCUT2D eigenvalue weighted by Gasteiger charge is 2.25. The number of hydrogen-bond acceptors (Lipinski definition) is 9. The minimum absolute atomic E-state index is 0.0146. The number of hydrazone groups is 1. The van der Waals surface area contributed by atoms with E-state index >= 15 is 0 Å². The standard InChI is InChI=1S/C21H20N8O3/c1-3-31-16-7-5-4-6-15(16)12-23-25-21(30)17-18(14-10-8-13(2)9-11-14)29(28-24-17)20-19(22)26-32-27-20/h4-12H,3H2,1-2H3,(H2,22,26)(H,25,30)/b23-12-. The highest BCUT2D eigenvalue weighted by atomic mass is 16.6. The Morgan fingerprint density at radius 3 is 2.72 bits per heavy atom. The number of hydrogen-bond donors (Lipinski definition) is 2. The third kappa shape index (κ3) is 4.17. The van der Waals surface area contributed by atoms with Gasteiger partial charge in [0.1, 0.15) is 11.4 Å². The number of para-hydroxylation sites is 1. The Hall–Kier alpha value is -4.54. The minimum atomic E-state index is -0.563. The smallest absolute Gasteiger partial charge is 0.294 e. The molecule has 0 radical (unpaired) electrons. The Balaban J connectivity index is 1.66. The number of anilines is 1. The largest absolute Gasteiger partial charge is 0.493 e. The van der Waals surface area contributed by atoms with E-state index in [1.54, 1.807) is 0 Å². The van der Waals surface area contributed by atoms with Crippen molar-refractivity contribution in [1.82, 2.24) is 30.7 Å². The fraction of sp³-hybridized carbons (Fsp3) is 0.143. The number of rotatable bonds is 7. The number of carbonyl (C=O) groups excluding carboxylic acids is 1. The molecule has 2 heterocycles. The van der Waals surface area contributed by atoms with E-state index < -0.39 is 5.91 Å². The van der Waals surface area contributed by atoms with Crippen LogP contribution in [0.1, 0.15) is 28.5 Å². The number of nitrogens with one attached hydrogen (secondary N) is 1. The molecule has 2 aromatic heterocycles. The molecule has 0 aliphatic heterocycles. The van der Waals surface area contributed by atoms with Gasteiger partial charge in [0.15, 0.2) is 5.69 Å². The average molecular weight is 432 g/mol. The molecule has 0 fully saturated rings. The number of amides is 1. The Kier molecular flexibility index (Phi) is 5.88. The molecule has 32 heavy (non-hydrogen) atoms. The van der Waals surface area contributed by atoms with E-state index in [9.17, 15) is 4.79 Å². The van der Waals surface area contributed by atoms with Crippen molar-refractivity contribution in [2.45, 2.75) is 13.8 Å². The van der Waals surface area contributed by atoms with Gasteiger partial charge in [-0.2, -0.15) is 9.78 Å². The summed E-state index contributed by atoms with van der Waals surface area (Å²) >= 11 is 0. The SMILES string of the molecule is CCOc1ccccc1/C=N\NC(=O)c1nnn(-c2nonc2N)c1-c1ccc(C)cc1. The number of nitrogen functional groups attached to an aromatic ring is 1. The summed E-state index contributed by atoms with van der Waals surface area (Å²) in [6.45, 7) is 4.37. The Morgan fingerprint density at radius 1 is 1.22 bits per heavy atom. The number of benzene rings is 2. The summed E-state index contributed by atoms with van der Waals surface area (Å²) in [5.41, 5.74) is 11.2. The predicted octanol–water partition coefficient (Wildman–Crippen LogP) is 2.37. The van der Waals surface area contributed by atoms with Gasteiger partial charge in [0.05, 0.1) is 12.8 Å². The summed E-state index contributed by atoms with van der Waals surface area (Å²) in [4.78, 5) is 12.9. The van der Waals surface area contributed by atoms with Crippen LogP contribution in [0.2, 0.25) is 0 Å². The van der Waals surface area contributed by atoms with Crippen LogP contribution in [0.3, 0.4) is 0 Å². The first-order chi connectivity index (χ1) is 15.6. The molecule has 1 amide bonds. The Morgan fingerprint density at radius 2 is 2.00 bits per heavy atom. The summed E-state index contributed by atoms with van der Waals surface area (Å²) in [6, 6.07) is 14.8. The van der Waals surface area contributed by atoms with E-state index in [4.69, 9.17) is 10.5 Å². The lowest BCUT2D eigenvalue weighted by Gasteiger charge is -2.07. The highest BCUT2D eigenvalue weighted by Crippen LogP contribution is 2.26. The molecule has 0 saturated carbocycles. The Bertz CT molecular complexity index is 1260. The second-order valence-electron chi connectivity index (χ2n) is 6.71. The second-order valence-corrected chi connectivity index (χ2v) is 6.71. The van der Waals surface area contributed by atoms with Crippen molar-refractivity contribution in [3.05, 3.63) is 65.4 Å². The van der Waals surface area contributed by atoms with Crippen molar-refractivity contribution in [2.24, 2.45) is 5.10 Å². The van der Waals surface area contributed by atoms with Crippen LogP contribution in [0.15, 0.2) is 58.3 Å². The van der Waals surface area contributed by atoms with E-state index in [-0.39, 0.29) is 17.3 Å². The molecule has 0 bridgehead atoms. The fourth-order valence-corrected chi connectivity index (χ4v) is 2.98. The van der Waals surface area contributed by atoms with E-state index in [1.165, 1.54) is 10.9 Å². The quantitative estimate of drug-likeness (QED) is 0.334. The van der Waals surface area contributed by atoms with Crippen LogP contribution in [-0.2, 0) is 0 Å². The number of carbonyl (C=O) groups is 1. The molecule has 162 valence electrons. The van der Waals surface area contributed by atoms with E-state index in [0.717, 1.165) is 11.1 Å². The molecule has 0 aliphatic rings. The van der Waals surface area contributed by atoms with Crippen molar-refractivity contribution >= 4 is 17.9 Å². The van der Waals surface area contributed by atoms with Gasteiger partial charge in [-0.25, -0.2) is 10.1 Å². The molecule has 11 heteroatoms. The average Bonchev–Trinajstić information content (AvgIpc) is 3.41. The molecule has 4 rings (SSSR count).